The maximum absolute atomic E-state index is 13.6. The van der Waals surface area contributed by atoms with Gasteiger partial charge in [-0.2, -0.15) is 13.2 Å². The first-order chi connectivity index (χ1) is 17.4. The lowest BCUT2D eigenvalue weighted by atomic mass is 10.0. The topological polar surface area (TPSA) is 49.2 Å². The summed E-state index contributed by atoms with van der Waals surface area (Å²) in [7, 11) is 1.50. The lowest BCUT2D eigenvalue weighted by molar-refractivity contribution is -0.274. The van der Waals surface area contributed by atoms with Crippen molar-refractivity contribution in [3.8, 4) is 17.2 Å². The van der Waals surface area contributed by atoms with Crippen molar-refractivity contribution < 1.29 is 35.8 Å². The summed E-state index contributed by atoms with van der Waals surface area (Å²) < 4.78 is 89.1. The van der Waals surface area contributed by atoms with Gasteiger partial charge in [0.2, 0.25) is 0 Å². The summed E-state index contributed by atoms with van der Waals surface area (Å²) in [6.07, 6.45) is -5.88. The highest BCUT2D eigenvalue weighted by Crippen LogP contribution is 2.32. The fraction of sp³-hybridized carbons (Fsp3) is 0.231. The second-order valence-electron chi connectivity index (χ2n) is 8.31. The number of benzene rings is 2. The number of nitrogens with zero attached hydrogens (tertiary/aromatic N) is 3. The Morgan fingerprint density at radius 2 is 1.46 bits per heavy atom. The molecule has 0 aliphatic carbocycles. The van der Waals surface area contributed by atoms with Crippen LogP contribution in [0.4, 0.5) is 26.3 Å². The lowest BCUT2D eigenvalue weighted by Crippen LogP contribution is -2.17. The first kappa shape index (κ1) is 26.1. The summed E-state index contributed by atoms with van der Waals surface area (Å²) in [6, 6.07) is 12.1. The molecule has 0 radical (unpaired) electrons. The van der Waals surface area contributed by atoms with Gasteiger partial charge in [-0.3, -0.25) is 4.98 Å². The van der Waals surface area contributed by atoms with Crippen molar-refractivity contribution in [2.45, 2.75) is 32.3 Å². The van der Waals surface area contributed by atoms with Gasteiger partial charge in [-0.1, -0.05) is 18.2 Å². The van der Waals surface area contributed by atoms with Gasteiger partial charge in [-0.15, -0.1) is 13.2 Å². The summed E-state index contributed by atoms with van der Waals surface area (Å²) in [5.41, 5.74) is 2.17. The largest absolute Gasteiger partial charge is 0.573 e. The number of halogens is 6. The molecule has 0 N–H and O–H groups in total. The Kier molecular flexibility index (Phi) is 7.15. The predicted octanol–water partition coefficient (Wildman–Crippen LogP) is 6.68. The molecule has 0 amide bonds. The van der Waals surface area contributed by atoms with Gasteiger partial charge in [0.1, 0.15) is 11.5 Å². The average molecular weight is 521 g/mol. The van der Waals surface area contributed by atoms with E-state index in [9.17, 15) is 26.3 Å². The number of aryl methyl sites for hydroxylation is 1. The number of aromatic nitrogens is 3. The van der Waals surface area contributed by atoms with Crippen LogP contribution in [0, 0.1) is 6.92 Å². The molecule has 2 heterocycles. The first-order valence-corrected chi connectivity index (χ1v) is 11.0. The third kappa shape index (κ3) is 6.81. The molecule has 0 aliphatic heterocycles. The molecule has 0 fully saturated rings. The SMILES string of the molecule is COc1cc(Cc2cc(C(F)(F)F)cc(Cc3ccc(OC(F)(F)F)cc3)n2)ccc1-n1cnc(C)c1. The maximum Gasteiger partial charge on any atom is 0.573 e. The second-order valence-corrected chi connectivity index (χ2v) is 8.31. The number of alkyl halides is 6. The molecule has 0 bridgehead atoms. The van der Waals surface area contributed by atoms with E-state index in [1.165, 1.54) is 19.2 Å². The van der Waals surface area contributed by atoms with Gasteiger partial charge in [-0.25, -0.2) is 4.98 Å². The molecular weight excluding hydrogens is 500 g/mol. The number of methoxy groups -OCH3 is 1. The molecule has 11 heteroatoms. The van der Waals surface area contributed by atoms with E-state index in [1.807, 2.05) is 13.1 Å². The van der Waals surface area contributed by atoms with Crippen molar-refractivity contribution in [3.05, 3.63) is 101 Å². The third-order valence-corrected chi connectivity index (χ3v) is 5.42. The van der Waals surface area contributed by atoms with Crippen LogP contribution in [-0.2, 0) is 19.0 Å². The van der Waals surface area contributed by atoms with Gasteiger partial charge < -0.3 is 14.0 Å². The van der Waals surface area contributed by atoms with Crippen LogP contribution < -0.4 is 9.47 Å². The highest BCUT2D eigenvalue weighted by Gasteiger charge is 2.32. The minimum atomic E-state index is -4.84. The third-order valence-electron chi connectivity index (χ3n) is 5.42. The van der Waals surface area contributed by atoms with Crippen LogP contribution in [0.15, 0.2) is 67.1 Å². The molecule has 4 aromatic rings. The van der Waals surface area contributed by atoms with Crippen LogP contribution in [0.5, 0.6) is 11.5 Å². The van der Waals surface area contributed by atoms with Crippen molar-refractivity contribution in [1.29, 1.82) is 0 Å². The Labute approximate surface area is 208 Å². The molecule has 2 aromatic heterocycles. The average Bonchev–Trinajstić information content (AvgIpc) is 3.24. The quantitative estimate of drug-likeness (QED) is 0.255. The van der Waals surface area contributed by atoms with Crippen LogP contribution in [0.2, 0.25) is 0 Å². The molecule has 4 rings (SSSR count). The van der Waals surface area contributed by atoms with E-state index in [1.54, 1.807) is 29.1 Å². The van der Waals surface area contributed by atoms with Crippen LogP contribution >= 0.6 is 0 Å². The monoisotopic (exact) mass is 521 g/mol. The zero-order chi connectivity index (χ0) is 26.8. The molecule has 0 aliphatic rings. The zero-order valence-electron chi connectivity index (χ0n) is 19.7. The normalized spacial score (nSPS) is 12.0. The standard InChI is InChI=1S/C26H21F6N3O2/c1-16-14-35(15-33-16)23-8-5-18(11-24(23)36-2)10-21-13-19(25(27,28)29)12-20(34-21)9-17-3-6-22(7-4-17)37-26(30,31)32/h3-8,11-15H,9-10H2,1-2H3. The van der Waals surface area contributed by atoms with Gasteiger partial charge in [0.25, 0.3) is 0 Å². The van der Waals surface area contributed by atoms with E-state index in [-0.39, 0.29) is 24.2 Å². The number of ether oxygens (including phenoxy) is 2. The van der Waals surface area contributed by atoms with E-state index >= 15 is 0 Å². The molecule has 37 heavy (non-hydrogen) atoms. The van der Waals surface area contributed by atoms with E-state index in [0.717, 1.165) is 35.6 Å². The molecule has 5 nitrogen and oxygen atoms in total. The van der Waals surface area contributed by atoms with Gasteiger partial charge >= 0.3 is 12.5 Å². The molecule has 0 spiro atoms. The van der Waals surface area contributed by atoms with E-state index in [0.29, 0.717) is 16.9 Å². The maximum atomic E-state index is 13.6. The van der Waals surface area contributed by atoms with Crippen LogP contribution in [0.1, 0.15) is 33.8 Å². The van der Waals surface area contributed by atoms with Gasteiger partial charge in [0, 0.05) is 30.4 Å². The smallest absolute Gasteiger partial charge is 0.495 e. The number of pyridine rings is 1. The van der Waals surface area contributed by atoms with E-state index in [2.05, 4.69) is 14.7 Å². The molecule has 0 atom stereocenters. The summed E-state index contributed by atoms with van der Waals surface area (Å²) in [4.78, 5) is 8.58. The Bertz CT molecular complexity index is 1380. The van der Waals surface area contributed by atoms with E-state index in [4.69, 9.17) is 4.74 Å². The fourth-order valence-corrected chi connectivity index (χ4v) is 3.82. The van der Waals surface area contributed by atoms with Crippen LogP contribution in [-0.4, -0.2) is 28.0 Å². The molecule has 0 unspecified atom stereocenters. The van der Waals surface area contributed by atoms with Crippen molar-refractivity contribution in [1.82, 2.24) is 14.5 Å². The van der Waals surface area contributed by atoms with Crippen molar-refractivity contribution in [2.75, 3.05) is 7.11 Å². The number of imidazole rings is 1. The first-order valence-electron chi connectivity index (χ1n) is 11.0. The van der Waals surface area contributed by atoms with Gasteiger partial charge in [0.05, 0.1) is 30.4 Å². The highest BCUT2D eigenvalue weighted by atomic mass is 19.4. The van der Waals surface area contributed by atoms with Crippen molar-refractivity contribution in [2.24, 2.45) is 0 Å². The van der Waals surface area contributed by atoms with Gasteiger partial charge in [0.15, 0.2) is 0 Å². The number of rotatable bonds is 7. The molecule has 0 saturated heterocycles. The Morgan fingerprint density at radius 3 is 2.00 bits per heavy atom. The summed E-state index contributed by atoms with van der Waals surface area (Å²) in [5.74, 6) is 0.0976. The lowest BCUT2D eigenvalue weighted by Gasteiger charge is -2.14. The van der Waals surface area contributed by atoms with Crippen molar-refractivity contribution >= 4 is 0 Å². The minimum Gasteiger partial charge on any atom is -0.495 e. The number of hydrogen-bond acceptors (Lipinski definition) is 4. The molecule has 194 valence electrons. The fourth-order valence-electron chi connectivity index (χ4n) is 3.82. The van der Waals surface area contributed by atoms with Crippen molar-refractivity contribution in [3.63, 3.8) is 0 Å². The summed E-state index contributed by atoms with van der Waals surface area (Å²) in [6.45, 7) is 1.85. The minimum absolute atomic E-state index is 0.00847. The predicted molar refractivity (Wildman–Crippen MR) is 123 cm³/mol. The van der Waals surface area contributed by atoms with Gasteiger partial charge in [-0.05, 0) is 54.4 Å². The number of hydrogen-bond donors (Lipinski definition) is 0. The summed E-state index contributed by atoms with van der Waals surface area (Å²) in [5, 5.41) is 0. The Morgan fingerprint density at radius 1 is 0.838 bits per heavy atom. The highest BCUT2D eigenvalue weighted by molar-refractivity contribution is 5.50. The molecule has 0 saturated carbocycles. The zero-order valence-corrected chi connectivity index (χ0v) is 19.7. The second kappa shape index (κ2) is 10.2. The molecule has 2 aromatic carbocycles. The summed E-state index contributed by atoms with van der Waals surface area (Å²) >= 11 is 0. The Hall–Kier alpha value is -4.02. The van der Waals surface area contributed by atoms with Crippen LogP contribution in [0.25, 0.3) is 5.69 Å². The molecular formula is C26H21F6N3O2. The Balaban J connectivity index is 1.60. The van der Waals surface area contributed by atoms with Crippen LogP contribution in [0.3, 0.4) is 0 Å². The van der Waals surface area contributed by atoms with E-state index < -0.39 is 23.9 Å².